The van der Waals surface area contributed by atoms with E-state index in [2.05, 4.69) is 16.0 Å². The zero-order chi connectivity index (χ0) is 39.4. The highest BCUT2D eigenvalue weighted by Gasteiger charge is 2.16. The molecule has 4 aromatic rings. The van der Waals surface area contributed by atoms with Crippen LogP contribution in [-0.4, -0.2) is 46.7 Å². The number of carboxylic acids is 2. The predicted octanol–water partition coefficient (Wildman–Crippen LogP) is 10.5. The molecule has 0 aliphatic rings. The zero-order valence-electron chi connectivity index (χ0n) is 29.0. The average molecular weight is 848 g/mol. The van der Waals surface area contributed by atoms with E-state index in [0.717, 1.165) is 22.5 Å². The second-order valence-corrected chi connectivity index (χ2v) is 14.7. The van der Waals surface area contributed by atoms with Crippen LogP contribution in [0.4, 0.5) is 11.4 Å². The number of nitrogens with one attached hydrogen (secondary N) is 3. The summed E-state index contributed by atoms with van der Waals surface area (Å²) >= 11 is 37.0. The summed E-state index contributed by atoms with van der Waals surface area (Å²) in [5.41, 5.74) is 4.08. The largest absolute Gasteiger partial charge is 0.486 e. The van der Waals surface area contributed by atoms with Crippen molar-refractivity contribution in [1.82, 2.24) is 5.32 Å². The van der Waals surface area contributed by atoms with Gasteiger partial charge in [-0.15, -0.1) is 0 Å². The van der Waals surface area contributed by atoms with Crippen molar-refractivity contribution in [3.05, 3.63) is 113 Å². The van der Waals surface area contributed by atoms with Gasteiger partial charge in [-0.2, -0.15) is 0 Å². The van der Waals surface area contributed by atoms with Gasteiger partial charge in [0.1, 0.15) is 19.8 Å². The summed E-state index contributed by atoms with van der Waals surface area (Å²) in [6, 6.07) is 17.4. The van der Waals surface area contributed by atoms with Crippen LogP contribution in [0.15, 0.2) is 60.7 Å². The molecule has 0 atom stereocenters. The first kappa shape index (κ1) is 43.6. The van der Waals surface area contributed by atoms with Crippen LogP contribution in [0.1, 0.15) is 54.7 Å². The Bertz CT molecular complexity index is 1900. The number of benzene rings is 4. The first-order valence-electron chi connectivity index (χ1n) is 16.0. The molecule has 0 heterocycles. The molecule has 5 N–H and O–H groups in total. The topological polar surface area (TPSA) is 146 Å². The van der Waals surface area contributed by atoms with Crippen LogP contribution in [0, 0.1) is 0 Å². The molecule has 4 aromatic carbocycles. The number of amides is 1. The fourth-order valence-electron chi connectivity index (χ4n) is 4.73. The normalized spacial score (nSPS) is 10.7. The maximum absolute atomic E-state index is 12.0. The number of carboxylic acid groups (broad SMARTS) is 2. The van der Waals surface area contributed by atoms with Crippen LogP contribution in [-0.2, 0) is 29.2 Å². The summed E-state index contributed by atoms with van der Waals surface area (Å²) in [5, 5.41) is 28.2. The molecule has 0 saturated heterocycles. The van der Waals surface area contributed by atoms with Gasteiger partial charge in [-0.1, -0.05) is 69.6 Å². The Morgan fingerprint density at radius 1 is 0.585 bits per heavy atom. The van der Waals surface area contributed by atoms with E-state index in [1.807, 2.05) is 52.0 Å². The Morgan fingerprint density at radius 3 is 1.38 bits per heavy atom. The minimum Gasteiger partial charge on any atom is -0.486 e. The summed E-state index contributed by atoms with van der Waals surface area (Å²) < 4.78 is 11.5. The van der Waals surface area contributed by atoms with Crippen LogP contribution in [0.25, 0.3) is 0 Å². The van der Waals surface area contributed by atoms with Gasteiger partial charge in [0.05, 0.1) is 26.5 Å². The number of aliphatic carboxylic acids is 2. The number of hydrogen-bond donors (Lipinski definition) is 5. The molecule has 4 rings (SSSR count). The zero-order valence-corrected chi connectivity index (χ0v) is 33.5. The van der Waals surface area contributed by atoms with Crippen LogP contribution in [0.3, 0.4) is 0 Å². The number of hydrogen-bond acceptors (Lipinski definition) is 7. The molecule has 0 aliphatic heterocycles. The van der Waals surface area contributed by atoms with Crippen LogP contribution >= 0.6 is 69.6 Å². The SMILES string of the molecule is CC(C)Nc1cc(Cl)cc(COc2c(Cl)cc(C(=O)NCC(=O)O)cc2Cl)c1.CC(C)Nc1cc(Cl)cc(COc2c(Cl)cc(CC(=O)O)cc2Cl)c1. The van der Waals surface area contributed by atoms with Crippen molar-refractivity contribution in [3.63, 3.8) is 0 Å². The number of halogens is 6. The van der Waals surface area contributed by atoms with Crippen molar-refractivity contribution >= 4 is 98.8 Å². The van der Waals surface area contributed by atoms with Gasteiger partial charge in [0.2, 0.25) is 0 Å². The number of anilines is 2. The smallest absolute Gasteiger partial charge is 0.322 e. The third-order valence-electron chi connectivity index (χ3n) is 6.67. The minimum atomic E-state index is -1.15. The fraction of sp³-hybridized carbons (Fsp3) is 0.270. The summed E-state index contributed by atoms with van der Waals surface area (Å²) in [6.07, 6.45) is -0.155. The maximum Gasteiger partial charge on any atom is 0.322 e. The number of carbonyl (C=O) groups is 3. The lowest BCUT2D eigenvalue weighted by molar-refractivity contribution is -0.137. The Hall–Kier alpha value is -3.77. The maximum atomic E-state index is 12.0. The van der Waals surface area contributed by atoms with E-state index in [1.54, 1.807) is 24.3 Å². The van der Waals surface area contributed by atoms with Crippen molar-refractivity contribution in [3.8, 4) is 11.5 Å². The van der Waals surface area contributed by atoms with Gasteiger partial charge in [-0.25, -0.2) is 0 Å². The summed E-state index contributed by atoms with van der Waals surface area (Å²) in [6.45, 7) is 8.00. The lowest BCUT2D eigenvalue weighted by Crippen LogP contribution is -2.29. The Balaban J connectivity index is 0.000000287. The summed E-state index contributed by atoms with van der Waals surface area (Å²) in [5.74, 6) is -2.17. The predicted molar refractivity (Wildman–Crippen MR) is 213 cm³/mol. The average Bonchev–Trinajstić information content (AvgIpc) is 3.01. The molecule has 0 aliphatic carbocycles. The monoisotopic (exact) mass is 845 g/mol. The van der Waals surface area contributed by atoms with Gasteiger partial charge in [0, 0.05) is 39.1 Å². The van der Waals surface area contributed by atoms with E-state index in [-0.39, 0.29) is 63.1 Å². The molecule has 0 aromatic heterocycles. The molecule has 0 bridgehead atoms. The van der Waals surface area contributed by atoms with E-state index in [0.29, 0.717) is 21.4 Å². The lowest BCUT2D eigenvalue weighted by Gasteiger charge is -2.14. The second-order valence-electron chi connectivity index (χ2n) is 12.2. The molecule has 284 valence electrons. The van der Waals surface area contributed by atoms with Gasteiger partial charge in [-0.3, -0.25) is 14.4 Å². The highest BCUT2D eigenvalue weighted by Crippen LogP contribution is 2.36. The highest BCUT2D eigenvalue weighted by atomic mass is 35.5. The van der Waals surface area contributed by atoms with Crippen molar-refractivity contribution in [1.29, 1.82) is 0 Å². The first-order valence-corrected chi connectivity index (χ1v) is 18.2. The molecule has 1 amide bonds. The van der Waals surface area contributed by atoms with Gasteiger partial charge >= 0.3 is 11.9 Å². The first-order chi connectivity index (χ1) is 24.9. The van der Waals surface area contributed by atoms with Gasteiger partial charge < -0.3 is 35.6 Å². The van der Waals surface area contributed by atoms with Crippen LogP contribution in [0.2, 0.25) is 30.1 Å². The number of rotatable bonds is 15. The van der Waals surface area contributed by atoms with Gasteiger partial charge in [0.25, 0.3) is 5.91 Å². The molecule has 0 fully saturated rings. The summed E-state index contributed by atoms with van der Waals surface area (Å²) in [7, 11) is 0. The highest BCUT2D eigenvalue weighted by molar-refractivity contribution is 6.38. The number of ether oxygens (including phenoxy) is 2. The third kappa shape index (κ3) is 14.9. The quantitative estimate of drug-likeness (QED) is 0.0789. The summed E-state index contributed by atoms with van der Waals surface area (Å²) in [4.78, 5) is 33.3. The van der Waals surface area contributed by atoms with Crippen LogP contribution in [0.5, 0.6) is 11.5 Å². The third-order valence-corrected chi connectivity index (χ3v) is 8.23. The molecule has 0 radical (unpaired) electrons. The molecule has 0 saturated carbocycles. The van der Waals surface area contributed by atoms with Gasteiger partial charge in [0.15, 0.2) is 11.5 Å². The Morgan fingerprint density at radius 2 is 1.00 bits per heavy atom. The fourth-order valence-corrected chi connectivity index (χ4v) is 6.48. The van der Waals surface area contributed by atoms with E-state index in [4.69, 9.17) is 89.3 Å². The Kier molecular flexibility index (Phi) is 17.0. The standard InChI is InChI=1S/C19H19Cl3N2O4.C18H18Cl3NO3/c1-10(2)24-14-4-11(3-13(20)7-14)9-28-18-15(21)5-12(6-16(18)22)19(27)23-8-17(25)26;1-10(2)22-14-4-12(3-13(19)8-14)9-25-18-15(20)5-11(6-16(18)21)7-17(23)24/h3-7,10,24H,8-9H2,1-2H3,(H,23,27)(H,25,26);3-6,8,10,22H,7,9H2,1-2H3,(H,23,24). The van der Waals surface area contributed by atoms with Crippen molar-refractivity contribution in [2.75, 3.05) is 17.2 Å². The Labute approximate surface area is 337 Å². The van der Waals surface area contributed by atoms with E-state index >= 15 is 0 Å². The molecule has 53 heavy (non-hydrogen) atoms. The lowest BCUT2D eigenvalue weighted by atomic mass is 10.1. The molecule has 16 heteroatoms. The van der Waals surface area contributed by atoms with Crippen LogP contribution < -0.4 is 25.4 Å². The minimum absolute atomic E-state index is 0.134. The molecule has 0 unspecified atom stereocenters. The van der Waals surface area contributed by atoms with Crippen molar-refractivity contribution in [2.24, 2.45) is 0 Å². The molecule has 10 nitrogen and oxygen atoms in total. The molecule has 0 spiro atoms. The van der Waals surface area contributed by atoms with Crippen molar-refractivity contribution < 1.29 is 34.1 Å². The van der Waals surface area contributed by atoms with Crippen molar-refractivity contribution in [2.45, 2.75) is 59.4 Å². The van der Waals surface area contributed by atoms with E-state index in [9.17, 15) is 14.4 Å². The number of carbonyl (C=O) groups excluding carboxylic acids is 1. The van der Waals surface area contributed by atoms with E-state index in [1.165, 1.54) is 12.1 Å². The molecular formula is C37H37Cl6N3O7. The van der Waals surface area contributed by atoms with E-state index < -0.39 is 24.4 Å². The van der Waals surface area contributed by atoms with Gasteiger partial charge in [-0.05, 0) is 105 Å². The molecular weight excluding hydrogens is 811 g/mol. The second kappa shape index (κ2) is 20.6.